The third kappa shape index (κ3) is 2.04. The predicted molar refractivity (Wildman–Crippen MR) is 94.2 cm³/mol. The number of rotatable bonds is 3. The maximum Gasteiger partial charge on any atom is 0.311 e. The van der Waals surface area contributed by atoms with Gasteiger partial charge in [-0.05, 0) is 43.3 Å². The van der Waals surface area contributed by atoms with Gasteiger partial charge < -0.3 is 9.64 Å². The van der Waals surface area contributed by atoms with Crippen LogP contribution in [0.3, 0.4) is 0 Å². The smallest absolute Gasteiger partial charge is 0.311 e. The largest absolute Gasteiger partial charge is 0.466 e. The van der Waals surface area contributed by atoms with Gasteiger partial charge in [-0.3, -0.25) is 4.79 Å². The van der Waals surface area contributed by atoms with Crippen LogP contribution in [0.2, 0.25) is 0 Å². The van der Waals surface area contributed by atoms with Crippen molar-refractivity contribution in [2.45, 2.75) is 24.8 Å². The molecule has 0 saturated carbocycles. The molecule has 3 nitrogen and oxygen atoms in total. The highest BCUT2D eigenvalue weighted by atomic mass is 16.5. The molecule has 124 valence electrons. The Bertz CT molecular complexity index is 735. The summed E-state index contributed by atoms with van der Waals surface area (Å²) in [6.07, 6.45) is 0. The van der Waals surface area contributed by atoms with Gasteiger partial charge in [-0.1, -0.05) is 48.5 Å². The van der Waals surface area contributed by atoms with Gasteiger partial charge in [-0.2, -0.15) is 0 Å². The molecule has 3 heteroatoms. The minimum absolute atomic E-state index is 0.0739. The highest BCUT2D eigenvalue weighted by Crippen LogP contribution is 2.56. The minimum atomic E-state index is -0.158. The molecule has 0 aromatic heterocycles. The number of carbonyl (C=O) groups excluding carboxylic acids is 1. The fourth-order valence-corrected chi connectivity index (χ4v) is 4.78. The molecular formula is C21H23NO2. The highest BCUT2D eigenvalue weighted by molar-refractivity contribution is 5.79. The van der Waals surface area contributed by atoms with Crippen molar-refractivity contribution in [1.29, 1.82) is 0 Å². The average molecular weight is 321 g/mol. The van der Waals surface area contributed by atoms with E-state index in [1.165, 1.54) is 22.3 Å². The first-order valence-electron chi connectivity index (χ1n) is 8.65. The number of benzene rings is 2. The number of fused-ring (bicyclic) bond motifs is 1. The molecule has 2 aromatic carbocycles. The minimum Gasteiger partial charge on any atom is -0.466 e. The van der Waals surface area contributed by atoms with Crippen molar-refractivity contribution >= 4 is 5.97 Å². The summed E-state index contributed by atoms with van der Waals surface area (Å²) in [5.74, 6) is 0.0608. The molecule has 0 heterocycles. The lowest BCUT2D eigenvalue weighted by molar-refractivity contribution is -0.152. The van der Waals surface area contributed by atoms with E-state index >= 15 is 0 Å². The Morgan fingerprint density at radius 1 is 0.917 bits per heavy atom. The number of hydrogen-bond acceptors (Lipinski definition) is 3. The van der Waals surface area contributed by atoms with Gasteiger partial charge in [0.05, 0.1) is 12.5 Å². The summed E-state index contributed by atoms with van der Waals surface area (Å²) in [4.78, 5) is 15.1. The molecule has 2 aromatic rings. The van der Waals surface area contributed by atoms with Crippen LogP contribution >= 0.6 is 0 Å². The molecule has 2 unspecified atom stereocenters. The summed E-state index contributed by atoms with van der Waals surface area (Å²) in [6, 6.07) is 17.3. The van der Waals surface area contributed by atoms with Crippen LogP contribution in [-0.2, 0) is 9.53 Å². The Hall–Kier alpha value is -2.13. The van der Waals surface area contributed by atoms with Crippen molar-refractivity contribution in [3.63, 3.8) is 0 Å². The topological polar surface area (TPSA) is 29.5 Å². The fourth-order valence-electron chi connectivity index (χ4n) is 4.78. The molecule has 0 spiro atoms. The molecule has 0 amide bonds. The molecule has 0 saturated heterocycles. The summed E-state index contributed by atoms with van der Waals surface area (Å²) < 4.78 is 5.48. The maximum atomic E-state index is 12.9. The van der Waals surface area contributed by atoms with Crippen molar-refractivity contribution in [3.8, 4) is 0 Å². The van der Waals surface area contributed by atoms with Gasteiger partial charge in [-0.15, -0.1) is 0 Å². The normalized spacial score (nSPS) is 26.8. The monoisotopic (exact) mass is 321 g/mol. The van der Waals surface area contributed by atoms with Gasteiger partial charge in [0.2, 0.25) is 0 Å². The zero-order valence-electron chi connectivity index (χ0n) is 14.4. The predicted octanol–water partition coefficient (Wildman–Crippen LogP) is 3.39. The van der Waals surface area contributed by atoms with Gasteiger partial charge in [0.15, 0.2) is 0 Å². The van der Waals surface area contributed by atoms with Crippen molar-refractivity contribution in [2.24, 2.45) is 5.92 Å². The molecule has 2 bridgehead atoms. The van der Waals surface area contributed by atoms with E-state index in [2.05, 4.69) is 67.5 Å². The average Bonchev–Trinajstić information content (AvgIpc) is 2.61. The molecule has 0 aliphatic heterocycles. The fraction of sp³-hybridized carbons (Fsp3) is 0.381. The first-order valence-corrected chi connectivity index (χ1v) is 8.65. The number of ether oxygens (including phenoxy) is 1. The van der Waals surface area contributed by atoms with Crippen LogP contribution in [0.15, 0.2) is 48.5 Å². The zero-order chi connectivity index (χ0) is 16.8. The molecule has 24 heavy (non-hydrogen) atoms. The van der Waals surface area contributed by atoms with Crippen LogP contribution < -0.4 is 0 Å². The standard InChI is InChI=1S/C21H23NO2/c1-4-24-21(23)19-17-13-9-5-7-11-15(13)18(20(19)22(2)3)16-12-8-6-10-14(16)17/h5-12,17-20H,4H2,1-3H3. The van der Waals surface area contributed by atoms with E-state index in [4.69, 9.17) is 4.74 Å². The Kier molecular flexibility index (Phi) is 3.69. The second-order valence-corrected chi connectivity index (χ2v) is 6.95. The Balaban J connectivity index is 1.97. The van der Waals surface area contributed by atoms with E-state index in [9.17, 15) is 4.79 Å². The van der Waals surface area contributed by atoms with Crippen LogP contribution in [0, 0.1) is 5.92 Å². The number of carbonyl (C=O) groups is 1. The van der Waals surface area contributed by atoms with Crippen LogP contribution in [0.5, 0.6) is 0 Å². The van der Waals surface area contributed by atoms with Crippen molar-refractivity contribution in [3.05, 3.63) is 70.8 Å². The molecular weight excluding hydrogens is 298 g/mol. The quantitative estimate of drug-likeness (QED) is 0.812. The first-order chi connectivity index (χ1) is 11.6. The van der Waals surface area contributed by atoms with Crippen LogP contribution in [0.25, 0.3) is 0 Å². The van der Waals surface area contributed by atoms with E-state index < -0.39 is 0 Å². The first kappa shape index (κ1) is 15.4. The number of hydrogen-bond donors (Lipinski definition) is 0. The third-order valence-corrected chi connectivity index (χ3v) is 5.56. The molecule has 5 rings (SSSR count). The summed E-state index contributed by atoms with van der Waals surface area (Å²) in [5.41, 5.74) is 5.30. The SMILES string of the molecule is CCOC(=O)C1C2c3ccccc3C(c3ccccc32)C1N(C)C. The number of esters is 1. The second kappa shape index (κ2) is 5.75. The molecule has 2 atom stereocenters. The molecule has 0 fully saturated rings. The van der Waals surface area contributed by atoms with Crippen molar-refractivity contribution in [1.82, 2.24) is 4.90 Å². The highest BCUT2D eigenvalue weighted by Gasteiger charge is 2.53. The molecule has 0 radical (unpaired) electrons. The van der Waals surface area contributed by atoms with Gasteiger partial charge >= 0.3 is 5.97 Å². The summed E-state index contributed by atoms with van der Waals surface area (Å²) >= 11 is 0. The summed E-state index contributed by atoms with van der Waals surface area (Å²) in [7, 11) is 4.14. The molecule has 3 aliphatic carbocycles. The van der Waals surface area contributed by atoms with Crippen molar-refractivity contribution in [2.75, 3.05) is 20.7 Å². The lowest BCUT2D eigenvalue weighted by atomic mass is 9.56. The van der Waals surface area contributed by atoms with Gasteiger partial charge in [-0.25, -0.2) is 0 Å². The summed E-state index contributed by atoms with van der Waals surface area (Å²) in [6.45, 7) is 2.31. The lowest BCUT2D eigenvalue weighted by Crippen LogP contribution is -2.53. The lowest BCUT2D eigenvalue weighted by Gasteiger charge is -2.51. The molecule has 0 N–H and O–H groups in total. The van der Waals surface area contributed by atoms with Crippen molar-refractivity contribution < 1.29 is 9.53 Å². The third-order valence-electron chi connectivity index (χ3n) is 5.56. The van der Waals surface area contributed by atoms with E-state index in [1.54, 1.807) is 0 Å². The van der Waals surface area contributed by atoms with Crippen LogP contribution in [-0.4, -0.2) is 37.6 Å². The summed E-state index contributed by atoms with van der Waals surface area (Å²) in [5, 5.41) is 0. The van der Waals surface area contributed by atoms with Gasteiger partial charge in [0.25, 0.3) is 0 Å². The van der Waals surface area contributed by atoms with E-state index in [0.29, 0.717) is 6.61 Å². The van der Waals surface area contributed by atoms with Gasteiger partial charge in [0.1, 0.15) is 0 Å². The van der Waals surface area contributed by atoms with E-state index in [0.717, 1.165) is 0 Å². The Morgan fingerprint density at radius 3 is 1.79 bits per heavy atom. The Labute approximate surface area is 143 Å². The Morgan fingerprint density at radius 2 is 1.38 bits per heavy atom. The second-order valence-electron chi connectivity index (χ2n) is 6.95. The van der Waals surface area contributed by atoms with Crippen LogP contribution in [0.4, 0.5) is 0 Å². The number of nitrogens with zero attached hydrogens (tertiary/aromatic N) is 1. The zero-order valence-corrected chi connectivity index (χ0v) is 14.4. The maximum absolute atomic E-state index is 12.9. The van der Waals surface area contributed by atoms with Crippen LogP contribution in [0.1, 0.15) is 41.0 Å². The van der Waals surface area contributed by atoms with E-state index in [-0.39, 0.29) is 29.8 Å². The van der Waals surface area contributed by atoms with Gasteiger partial charge in [0, 0.05) is 17.9 Å². The number of likely N-dealkylation sites (N-methyl/N-ethyl adjacent to an activating group) is 1. The van der Waals surface area contributed by atoms with E-state index in [1.807, 2.05) is 6.92 Å². The molecule has 3 aliphatic rings.